The lowest BCUT2D eigenvalue weighted by Gasteiger charge is -2.08. The summed E-state index contributed by atoms with van der Waals surface area (Å²) >= 11 is 1.43. The van der Waals surface area contributed by atoms with Crippen LogP contribution in [0.15, 0.2) is 81.1 Å². The Morgan fingerprint density at radius 1 is 1.03 bits per heavy atom. The van der Waals surface area contributed by atoms with Gasteiger partial charge in [0.1, 0.15) is 5.58 Å². The Morgan fingerprint density at radius 3 is 2.67 bits per heavy atom. The van der Waals surface area contributed by atoms with Gasteiger partial charge in [-0.2, -0.15) is 0 Å². The van der Waals surface area contributed by atoms with Crippen LogP contribution in [0.2, 0.25) is 0 Å². The van der Waals surface area contributed by atoms with E-state index in [-0.39, 0.29) is 5.63 Å². The van der Waals surface area contributed by atoms with Crippen LogP contribution in [0.25, 0.3) is 33.1 Å². The lowest BCUT2D eigenvalue weighted by molar-refractivity contribution is 0.560. The van der Waals surface area contributed by atoms with Gasteiger partial charge in [0.05, 0.1) is 0 Å². The number of hydrogen-bond donors (Lipinski definition) is 1. The van der Waals surface area contributed by atoms with E-state index in [4.69, 9.17) is 10.3 Å². The number of nitrogens with two attached hydrogens (primary N) is 1. The monoisotopic (exact) mass is 414 g/mol. The van der Waals surface area contributed by atoms with E-state index < -0.39 is 0 Å². The minimum atomic E-state index is -0.372. The van der Waals surface area contributed by atoms with E-state index >= 15 is 0 Å². The van der Waals surface area contributed by atoms with Crippen LogP contribution < -0.4 is 11.5 Å². The topological polar surface area (TPSA) is 86.9 Å². The van der Waals surface area contributed by atoms with Crippen LogP contribution in [0.1, 0.15) is 11.1 Å². The van der Waals surface area contributed by atoms with Crippen molar-refractivity contribution in [2.24, 2.45) is 0 Å². The molecule has 0 aliphatic rings. The summed E-state index contributed by atoms with van der Waals surface area (Å²) in [5.74, 6) is 7.37. The molecule has 6 nitrogen and oxygen atoms in total. The summed E-state index contributed by atoms with van der Waals surface area (Å²) < 4.78 is 6.92. The number of nitrogens with zero attached hydrogens (tertiary/aromatic N) is 3. The standard InChI is InChI=1S/C23H18N4O2S/c1-14-6-8-16(9-7-14)22-25-26-23(27(22)24)30-13-17-12-20(28)29-19-11-10-15-4-2-3-5-18(15)21(17)19/h2-12H,13,24H2,1H3. The number of thioether (sulfide) groups is 1. The zero-order valence-electron chi connectivity index (χ0n) is 16.2. The molecule has 0 bridgehead atoms. The number of hydrogen-bond acceptors (Lipinski definition) is 6. The van der Waals surface area contributed by atoms with Gasteiger partial charge in [-0.25, -0.2) is 9.47 Å². The first-order valence-corrected chi connectivity index (χ1v) is 10.4. The number of benzene rings is 3. The summed E-state index contributed by atoms with van der Waals surface area (Å²) in [5.41, 5.74) is 3.15. The third kappa shape index (κ3) is 3.23. The highest BCUT2D eigenvalue weighted by atomic mass is 32.2. The van der Waals surface area contributed by atoms with Crippen molar-refractivity contribution in [2.75, 3.05) is 5.84 Å². The molecule has 2 aromatic heterocycles. The van der Waals surface area contributed by atoms with Gasteiger partial charge in [0.15, 0.2) is 5.82 Å². The Morgan fingerprint density at radius 2 is 1.83 bits per heavy atom. The van der Waals surface area contributed by atoms with Gasteiger partial charge in [0.2, 0.25) is 5.16 Å². The highest BCUT2D eigenvalue weighted by Crippen LogP contribution is 2.31. The molecule has 30 heavy (non-hydrogen) atoms. The first-order valence-electron chi connectivity index (χ1n) is 9.45. The van der Waals surface area contributed by atoms with Crippen molar-refractivity contribution < 1.29 is 4.42 Å². The predicted octanol–water partition coefficient (Wildman–Crippen LogP) is 4.52. The highest BCUT2D eigenvalue weighted by Gasteiger charge is 2.15. The number of aryl methyl sites for hydroxylation is 1. The van der Waals surface area contributed by atoms with E-state index in [1.165, 1.54) is 22.0 Å². The summed E-state index contributed by atoms with van der Waals surface area (Å²) in [6, 6.07) is 21.4. The Kier molecular flexibility index (Phi) is 4.52. The average Bonchev–Trinajstić information content (AvgIpc) is 3.12. The van der Waals surface area contributed by atoms with Gasteiger partial charge in [-0.05, 0) is 29.3 Å². The van der Waals surface area contributed by atoms with Crippen LogP contribution >= 0.6 is 11.8 Å². The molecule has 0 aliphatic carbocycles. The minimum absolute atomic E-state index is 0.372. The molecule has 0 spiro atoms. The quantitative estimate of drug-likeness (QED) is 0.201. The van der Waals surface area contributed by atoms with Gasteiger partial charge >= 0.3 is 5.63 Å². The third-order valence-electron chi connectivity index (χ3n) is 5.05. The van der Waals surface area contributed by atoms with Crippen molar-refractivity contribution >= 4 is 33.5 Å². The van der Waals surface area contributed by atoms with Gasteiger partial charge in [-0.3, -0.25) is 0 Å². The molecular weight excluding hydrogens is 396 g/mol. The fourth-order valence-electron chi connectivity index (χ4n) is 3.55. The van der Waals surface area contributed by atoms with Gasteiger partial charge < -0.3 is 10.3 Å². The van der Waals surface area contributed by atoms with Gasteiger partial charge in [0, 0.05) is 22.8 Å². The minimum Gasteiger partial charge on any atom is -0.423 e. The van der Waals surface area contributed by atoms with Crippen LogP contribution in [-0.2, 0) is 5.75 Å². The third-order valence-corrected chi connectivity index (χ3v) is 6.04. The second-order valence-corrected chi connectivity index (χ2v) is 8.02. The van der Waals surface area contributed by atoms with Crippen LogP contribution in [0.5, 0.6) is 0 Å². The second-order valence-electron chi connectivity index (χ2n) is 7.08. The predicted molar refractivity (Wildman–Crippen MR) is 120 cm³/mol. The molecule has 0 unspecified atom stereocenters. The van der Waals surface area contributed by atoms with Crippen LogP contribution in [0.3, 0.4) is 0 Å². The van der Waals surface area contributed by atoms with E-state index in [0.717, 1.165) is 27.3 Å². The van der Waals surface area contributed by atoms with E-state index in [9.17, 15) is 4.79 Å². The summed E-state index contributed by atoms with van der Waals surface area (Å²) in [6.07, 6.45) is 0. The zero-order valence-corrected chi connectivity index (χ0v) is 17.0. The Hall–Kier alpha value is -3.58. The summed E-state index contributed by atoms with van der Waals surface area (Å²) in [5, 5.41) is 12.1. The molecule has 0 fully saturated rings. The maximum absolute atomic E-state index is 12.1. The molecule has 0 amide bonds. The molecule has 0 radical (unpaired) electrons. The van der Waals surface area contributed by atoms with Crippen LogP contribution in [0.4, 0.5) is 0 Å². The largest absolute Gasteiger partial charge is 0.423 e. The molecule has 148 valence electrons. The molecular formula is C23H18N4O2S. The summed E-state index contributed by atoms with van der Waals surface area (Å²) in [7, 11) is 0. The van der Waals surface area contributed by atoms with Crippen molar-refractivity contribution in [3.05, 3.63) is 88.3 Å². The Labute approximate surface area is 176 Å². The molecule has 3 aromatic carbocycles. The van der Waals surface area contributed by atoms with Crippen LogP contribution in [-0.4, -0.2) is 14.9 Å². The van der Waals surface area contributed by atoms with Gasteiger partial charge in [0.25, 0.3) is 0 Å². The fraction of sp³-hybridized carbons (Fsp3) is 0.0870. The van der Waals surface area contributed by atoms with E-state index in [0.29, 0.717) is 22.3 Å². The van der Waals surface area contributed by atoms with E-state index in [1.54, 1.807) is 6.07 Å². The fourth-order valence-corrected chi connectivity index (χ4v) is 4.39. The maximum atomic E-state index is 12.1. The zero-order chi connectivity index (χ0) is 20.7. The highest BCUT2D eigenvalue weighted by molar-refractivity contribution is 7.98. The Balaban J connectivity index is 1.52. The molecule has 2 heterocycles. The van der Waals surface area contributed by atoms with Crippen molar-refractivity contribution in [3.63, 3.8) is 0 Å². The average molecular weight is 414 g/mol. The van der Waals surface area contributed by atoms with Crippen molar-refractivity contribution in [3.8, 4) is 11.4 Å². The molecule has 7 heteroatoms. The molecule has 0 saturated carbocycles. The SMILES string of the molecule is Cc1ccc(-c2nnc(SCc3cc(=O)oc4ccc5ccccc5c34)n2N)cc1. The molecule has 5 aromatic rings. The van der Waals surface area contributed by atoms with Gasteiger partial charge in [-0.1, -0.05) is 71.9 Å². The normalized spacial score (nSPS) is 11.4. The lowest BCUT2D eigenvalue weighted by Crippen LogP contribution is -2.11. The molecule has 2 N–H and O–H groups in total. The molecule has 0 atom stereocenters. The smallest absolute Gasteiger partial charge is 0.336 e. The summed E-state index contributed by atoms with van der Waals surface area (Å²) in [4.78, 5) is 12.1. The summed E-state index contributed by atoms with van der Waals surface area (Å²) in [6.45, 7) is 2.03. The number of rotatable bonds is 4. The maximum Gasteiger partial charge on any atom is 0.336 e. The van der Waals surface area contributed by atoms with Crippen LogP contribution in [0, 0.1) is 6.92 Å². The van der Waals surface area contributed by atoms with E-state index in [2.05, 4.69) is 10.2 Å². The number of nitrogen functional groups attached to an aromatic ring is 1. The number of fused-ring (bicyclic) bond motifs is 3. The van der Waals surface area contributed by atoms with Crippen molar-refractivity contribution in [1.29, 1.82) is 0 Å². The lowest BCUT2D eigenvalue weighted by atomic mass is 10.0. The van der Waals surface area contributed by atoms with E-state index in [1.807, 2.05) is 67.6 Å². The molecule has 0 saturated heterocycles. The first-order chi connectivity index (χ1) is 14.6. The van der Waals surface area contributed by atoms with Gasteiger partial charge in [-0.15, -0.1) is 10.2 Å². The second kappa shape index (κ2) is 7.35. The van der Waals surface area contributed by atoms with Crippen molar-refractivity contribution in [1.82, 2.24) is 14.9 Å². The number of aromatic nitrogens is 3. The first kappa shape index (κ1) is 18.4. The Bertz CT molecular complexity index is 1440. The molecule has 5 rings (SSSR count). The molecule has 0 aliphatic heterocycles. The van der Waals surface area contributed by atoms with Crippen molar-refractivity contribution in [2.45, 2.75) is 17.8 Å².